The molecule has 1 saturated heterocycles. The normalized spacial score (nSPS) is 14.2. The van der Waals surface area contributed by atoms with Crippen LogP contribution in [0.25, 0.3) is 17.4 Å². The standard InChI is InChI=1S/C23H22ClN3O3/c24-17-3-1-16(2-4-17)22-9-6-19(30-22)7-10-23(28)26-18-5-8-21(20(25)15-18)27-11-13-29-14-12-27/h1-10,15H,11-14,25H2,(H,26,28)/b10-7+. The number of furan rings is 1. The molecule has 4 rings (SSSR count). The third-order valence-electron chi connectivity index (χ3n) is 4.80. The van der Waals surface area contributed by atoms with E-state index in [9.17, 15) is 4.79 Å². The number of ether oxygens (including phenoxy) is 1. The second-order valence-corrected chi connectivity index (χ2v) is 7.34. The van der Waals surface area contributed by atoms with Crippen molar-refractivity contribution in [3.8, 4) is 11.3 Å². The number of benzene rings is 2. The van der Waals surface area contributed by atoms with Crippen molar-refractivity contribution in [3.63, 3.8) is 0 Å². The third-order valence-corrected chi connectivity index (χ3v) is 5.05. The fraction of sp³-hybridized carbons (Fsp3) is 0.174. The number of morpholine rings is 1. The van der Waals surface area contributed by atoms with Gasteiger partial charge in [0.05, 0.1) is 24.6 Å². The molecular weight excluding hydrogens is 402 g/mol. The van der Waals surface area contributed by atoms with Crippen molar-refractivity contribution in [2.75, 3.05) is 42.3 Å². The van der Waals surface area contributed by atoms with Crippen LogP contribution in [0.3, 0.4) is 0 Å². The van der Waals surface area contributed by atoms with Gasteiger partial charge in [-0.3, -0.25) is 4.79 Å². The molecule has 1 fully saturated rings. The number of carbonyl (C=O) groups is 1. The lowest BCUT2D eigenvalue weighted by atomic mass is 10.2. The van der Waals surface area contributed by atoms with E-state index in [2.05, 4.69) is 10.2 Å². The molecule has 30 heavy (non-hydrogen) atoms. The average molecular weight is 424 g/mol. The minimum Gasteiger partial charge on any atom is -0.457 e. The van der Waals surface area contributed by atoms with Gasteiger partial charge in [-0.25, -0.2) is 0 Å². The van der Waals surface area contributed by atoms with Crippen molar-refractivity contribution in [2.24, 2.45) is 0 Å². The zero-order valence-electron chi connectivity index (χ0n) is 16.3. The molecule has 6 nitrogen and oxygen atoms in total. The maximum absolute atomic E-state index is 12.3. The van der Waals surface area contributed by atoms with Crippen molar-refractivity contribution in [1.82, 2.24) is 0 Å². The zero-order valence-corrected chi connectivity index (χ0v) is 17.1. The van der Waals surface area contributed by atoms with E-state index in [1.807, 2.05) is 36.4 Å². The van der Waals surface area contributed by atoms with Gasteiger partial charge < -0.3 is 25.1 Å². The summed E-state index contributed by atoms with van der Waals surface area (Å²) in [4.78, 5) is 14.5. The molecule has 7 heteroatoms. The number of nitrogens with zero attached hydrogens (tertiary/aromatic N) is 1. The lowest BCUT2D eigenvalue weighted by Crippen LogP contribution is -2.36. The molecule has 0 spiro atoms. The second kappa shape index (κ2) is 9.07. The Hall–Kier alpha value is -3.22. The summed E-state index contributed by atoms with van der Waals surface area (Å²) in [5, 5.41) is 3.49. The molecule has 0 atom stereocenters. The van der Waals surface area contributed by atoms with E-state index in [1.54, 1.807) is 24.3 Å². The van der Waals surface area contributed by atoms with Crippen LogP contribution in [0, 0.1) is 0 Å². The Morgan fingerprint density at radius 2 is 1.83 bits per heavy atom. The summed E-state index contributed by atoms with van der Waals surface area (Å²) in [5.41, 5.74) is 9.32. The molecule has 2 heterocycles. The van der Waals surface area contributed by atoms with E-state index in [0.717, 1.165) is 24.3 Å². The van der Waals surface area contributed by atoms with E-state index in [1.165, 1.54) is 6.08 Å². The number of nitrogens with two attached hydrogens (primary N) is 1. The molecule has 1 aliphatic heterocycles. The second-order valence-electron chi connectivity index (χ2n) is 6.90. The van der Waals surface area contributed by atoms with Crippen LogP contribution in [0.15, 0.2) is 65.1 Å². The van der Waals surface area contributed by atoms with E-state index >= 15 is 0 Å². The summed E-state index contributed by atoms with van der Waals surface area (Å²) < 4.78 is 11.1. The molecule has 2 aromatic carbocycles. The zero-order chi connectivity index (χ0) is 20.9. The maximum atomic E-state index is 12.3. The maximum Gasteiger partial charge on any atom is 0.248 e. The SMILES string of the molecule is Nc1cc(NC(=O)/C=C/c2ccc(-c3ccc(Cl)cc3)o2)ccc1N1CCOCC1. The fourth-order valence-corrected chi connectivity index (χ4v) is 3.40. The molecule has 0 aliphatic carbocycles. The number of nitrogens with one attached hydrogen (secondary N) is 1. The Morgan fingerprint density at radius 1 is 1.07 bits per heavy atom. The number of hydrogen-bond donors (Lipinski definition) is 2. The van der Waals surface area contributed by atoms with Crippen LogP contribution in [0.4, 0.5) is 17.1 Å². The van der Waals surface area contributed by atoms with Gasteiger partial charge in [-0.1, -0.05) is 11.6 Å². The highest BCUT2D eigenvalue weighted by atomic mass is 35.5. The molecule has 0 unspecified atom stereocenters. The molecular formula is C23H22ClN3O3. The van der Waals surface area contributed by atoms with Crippen LogP contribution in [-0.4, -0.2) is 32.2 Å². The number of carbonyl (C=O) groups excluding carboxylic acids is 1. The van der Waals surface area contributed by atoms with Crippen LogP contribution in [0.1, 0.15) is 5.76 Å². The molecule has 1 aliphatic rings. The van der Waals surface area contributed by atoms with Gasteiger partial charge in [0.15, 0.2) is 0 Å². The molecule has 0 radical (unpaired) electrons. The summed E-state index contributed by atoms with van der Waals surface area (Å²) in [6, 6.07) is 16.6. The quantitative estimate of drug-likeness (QED) is 0.460. The van der Waals surface area contributed by atoms with Gasteiger partial charge in [0.1, 0.15) is 11.5 Å². The lowest BCUT2D eigenvalue weighted by Gasteiger charge is -2.30. The summed E-state index contributed by atoms with van der Waals surface area (Å²) in [5.74, 6) is 1.02. The summed E-state index contributed by atoms with van der Waals surface area (Å²) in [7, 11) is 0. The van der Waals surface area contributed by atoms with E-state index in [-0.39, 0.29) is 5.91 Å². The molecule has 3 aromatic rings. The predicted molar refractivity (Wildman–Crippen MR) is 121 cm³/mol. The fourth-order valence-electron chi connectivity index (χ4n) is 3.28. The van der Waals surface area contributed by atoms with Crippen molar-refractivity contribution in [3.05, 3.63) is 71.5 Å². The Labute approximate surface area is 179 Å². The number of anilines is 3. The first-order chi connectivity index (χ1) is 14.6. The first kappa shape index (κ1) is 20.1. The molecule has 1 amide bonds. The third kappa shape index (κ3) is 4.84. The Balaban J connectivity index is 1.38. The van der Waals surface area contributed by atoms with Crippen molar-refractivity contribution in [1.29, 1.82) is 0 Å². The Bertz CT molecular complexity index is 1050. The molecule has 154 valence electrons. The minimum atomic E-state index is -0.266. The smallest absolute Gasteiger partial charge is 0.248 e. The summed E-state index contributed by atoms with van der Waals surface area (Å²) in [6.45, 7) is 2.99. The van der Waals surface area contributed by atoms with Gasteiger partial charge in [0.25, 0.3) is 0 Å². The number of hydrogen-bond acceptors (Lipinski definition) is 5. The highest BCUT2D eigenvalue weighted by Gasteiger charge is 2.14. The van der Waals surface area contributed by atoms with Gasteiger partial charge in [0.2, 0.25) is 5.91 Å². The van der Waals surface area contributed by atoms with E-state index in [4.69, 9.17) is 26.5 Å². The number of rotatable bonds is 5. The topological polar surface area (TPSA) is 80.7 Å². The highest BCUT2D eigenvalue weighted by molar-refractivity contribution is 6.30. The van der Waals surface area contributed by atoms with Gasteiger partial charge in [-0.15, -0.1) is 0 Å². The van der Waals surface area contributed by atoms with Crippen molar-refractivity contribution >= 4 is 40.6 Å². The van der Waals surface area contributed by atoms with E-state index in [0.29, 0.717) is 41.1 Å². The lowest BCUT2D eigenvalue weighted by molar-refractivity contribution is -0.111. The Kier molecular flexibility index (Phi) is 6.07. The summed E-state index contributed by atoms with van der Waals surface area (Å²) >= 11 is 5.91. The van der Waals surface area contributed by atoms with Crippen LogP contribution in [0.5, 0.6) is 0 Å². The number of nitrogen functional groups attached to an aromatic ring is 1. The number of amides is 1. The van der Waals surface area contributed by atoms with Crippen LogP contribution in [0.2, 0.25) is 5.02 Å². The molecule has 1 aromatic heterocycles. The average Bonchev–Trinajstić information content (AvgIpc) is 3.23. The van der Waals surface area contributed by atoms with Crippen molar-refractivity contribution in [2.45, 2.75) is 0 Å². The molecule has 0 bridgehead atoms. The molecule has 3 N–H and O–H groups in total. The summed E-state index contributed by atoms with van der Waals surface area (Å²) in [6.07, 6.45) is 3.05. The Morgan fingerprint density at radius 3 is 2.57 bits per heavy atom. The monoisotopic (exact) mass is 423 g/mol. The van der Waals surface area contributed by atoms with Gasteiger partial charge >= 0.3 is 0 Å². The first-order valence-corrected chi connectivity index (χ1v) is 10.0. The van der Waals surface area contributed by atoms with Crippen LogP contribution < -0.4 is 16.0 Å². The van der Waals surface area contributed by atoms with Gasteiger partial charge in [-0.2, -0.15) is 0 Å². The van der Waals surface area contributed by atoms with Crippen LogP contribution in [-0.2, 0) is 9.53 Å². The van der Waals surface area contributed by atoms with Gasteiger partial charge in [-0.05, 0) is 60.7 Å². The largest absolute Gasteiger partial charge is 0.457 e. The predicted octanol–water partition coefficient (Wildman–Crippen LogP) is 4.67. The highest BCUT2D eigenvalue weighted by Crippen LogP contribution is 2.27. The van der Waals surface area contributed by atoms with E-state index < -0.39 is 0 Å². The van der Waals surface area contributed by atoms with Crippen molar-refractivity contribution < 1.29 is 13.9 Å². The first-order valence-electron chi connectivity index (χ1n) is 9.65. The molecule has 0 saturated carbocycles. The number of halogens is 1. The minimum absolute atomic E-state index is 0.266. The van der Waals surface area contributed by atoms with Crippen LogP contribution >= 0.6 is 11.6 Å². The van der Waals surface area contributed by atoms with Gasteiger partial charge in [0, 0.05) is 35.4 Å².